The smallest absolute Gasteiger partial charge is 0 e. The summed E-state index contributed by atoms with van der Waals surface area (Å²) in [6.45, 7) is 2.22. The third-order valence-corrected chi connectivity index (χ3v) is 3.19. The molecule has 0 saturated heterocycles. The zero-order valence-corrected chi connectivity index (χ0v) is 11.8. The summed E-state index contributed by atoms with van der Waals surface area (Å²) in [6.07, 6.45) is 7.66. The number of benzene rings is 1. The van der Waals surface area contributed by atoms with Crippen LogP contribution >= 0.6 is 0 Å². The van der Waals surface area contributed by atoms with Crippen molar-refractivity contribution in [3.8, 4) is 0 Å². The minimum atomic E-state index is 0. The number of fused-ring (bicyclic) bond motifs is 1. The summed E-state index contributed by atoms with van der Waals surface area (Å²) in [5, 5.41) is 2.75. The maximum Gasteiger partial charge on any atom is 0 e. The van der Waals surface area contributed by atoms with Crippen LogP contribution in [0.15, 0.2) is 48.6 Å². The van der Waals surface area contributed by atoms with E-state index in [1.807, 2.05) is 0 Å². The van der Waals surface area contributed by atoms with Gasteiger partial charge in [-0.2, -0.15) is 0 Å². The van der Waals surface area contributed by atoms with Crippen molar-refractivity contribution < 1.29 is 26.2 Å². The van der Waals surface area contributed by atoms with Crippen molar-refractivity contribution in [3.05, 3.63) is 59.7 Å². The standard InChI is InChI=1S/C15H13.Zr/c1-11-14-9-5-4-8-13(14)10-15(11)12-6-2-3-7-12;/h2-6,8-10H,7H2,1H3;/q-1;. The molecule has 16 heavy (non-hydrogen) atoms. The van der Waals surface area contributed by atoms with E-state index in [1.165, 1.54) is 27.5 Å². The van der Waals surface area contributed by atoms with Gasteiger partial charge in [0.15, 0.2) is 0 Å². The molecule has 0 aromatic heterocycles. The van der Waals surface area contributed by atoms with Gasteiger partial charge in [-0.15, -0.1) is 39.6 Å². The van der Waals surface area contributed by atoms with Crippen LogP contribution in [-0.4, -0.2) is 0 Å². The number of hydrogen-bond acceptors (Lipinski definition) is 0. The molecule has 0 saturated carbocycles. The number of allylic oxidation sites excluding steroid dienone is 4. The molecule has 3 rings (SSSR count). The molecule has 0 unspecified atom stereocenters. The zero-order chi connectivity index (χ0) is 10.3. The largest absolute Gasteiger partial charge is 0.133 e. The zero-order valence-electron chi connectivity index (χ0n) is 9.33. The molecule has 0 bridgehead atoms. The Hall–Kier alpha value is -0.807. The van der Waals surface area contributed by atoms with Crippen LogP contribution in [0.2, 0.25) is 0 Å². The molecule has 78 valence electrons. The molecule has 0 nitrogen and oxygen atoms in total. The van der Waals surface area contributed by atoms with E-state index >= 15 is 0 Å². The summed E-state index contributed by atoms with van der Waals surface area (Å²) in [5.41, 5.74) is 4.28. The first-order valence-corrected chi connectivity index (χ1v) is 5.37. The number of aryl methyl sites for hydroxylation is 1. The van der Waals surface area contributed by atoms with Gasteiger partial charge in [0, 0.05) is 26.2 Å². The van der Waals surface area contributed by atoms with E-state index in [9.17, 15) is 0 Å². The van der Waals surface area contributed by atoms with Crippen LogP contribution in [0.5, 0.6) is 0 Å². The molecule has 0 spiro atoms. The van der Waals surface area contributed by atoms with Gasteiger partial charge in [0.05, 0.1) is 0 Å². The number of rotatable bonds is 1. The summed E-state index contributed by atoms with van der Waals surface area (Å²) in [6, 6.07) is 10.9. The fourth-order valence-corrected chi connectivity index (χ4v) is 2.35. The van der Waals surface area contributed by atoms with E-state index in [-0.39, 0.29) is 26.2 Å². The van der Waals surface area contributed by atoms with Crippen molar-refractivity contribution in [2.45, 2.75) is 13.3 Å². The molecule has 0 N–H and O–H groups in total. The molecule has 0 amide bonds. The molecule has 0 heterocycles. The van der Waals surface area contributed by atoms with Gasteiger partial charge in [0.1, 0.15) is 0 Å². The Balaban J connectivity index is 0.000000963. The fourth-order valence-electron chi connectivity index (χ4n) is 2.35. The van der Waals surface area contributed by atoms with Crippen molar-refractivity contribution in [2.75, 3.05) is 0 Å². The van der Waals surface area contributed by atoms with Gasteiger partial charge in [-0.05, 0) is 6.42 Å². The van der Waals surface area contributed by atoms with E-state index < -0.39 is 0 Å². The summed E-state index contributed by atoms with van der Waals surface area (Å²) in [4.78, 5) is 0. The van der Waals surface area contributed by atoms with E-state index in [0.717, 1.165) is 6.42 Å². The van der Waals surface area contributed by atoms with Crippen LogP contribution in [0.3, 0.4) is 0 Å². The van der Waals surface area contributed by atoms with E-state index in [2.05, 4.69) is 55.5 Å². The Kier molecular flexibility index (Phi) is 3.35. The van der Waals surface area contributed by atoms with Crippen LogP contribution < -0.4 is 0 Å². The monoisotopic (exact) mass is 283 g/mol. The molecule has 0 radical (unpaired) electrons. The van der Waals surface area contributed by atoms with Gasteiger partial charge in [-0.3, -0.25) is 0 Å². The maximum atomic E-state index is 2.31. The van der Waals surface area contributed by atoms with Crippen LogP contribution in [0, 0.1) is 6.92 Å². The second-order valence-electron chi connectivity index (χ2n) is 4.09. The minimum Gasteiger partial charge on any atom is -0.133 e. The second-order valence-corrected chi connectivity index (χ2v) is 4.09. The van der Waals surface area contributed by atoms with Crippen molar-refractivity contribution in [3.63, 3.8) is 0 Å². The Labute approximate surface area is 115 Å². The van der Waals surface area contributed by atoms with Crippen LogP contribution in [0.25, 0.3) is 16.3 Å². The Morgan fingerprint density at radius 2 is 2.00 bits per heavy atom. The molecule has 1 aliphatic carbocycles. The van der Waals surface area contributed by atoms with Crippen molar-refractivity contribution in [2.24, 2.45) is 0 Å². The Morgan fingerprint density at radius 3 is 2.69 bits per heavy atom. The predicted octanol–water partition coefficient (Wildman–Crippen LogP) is 4.21. The molecule has 0 atom stereocenters. The van der Waals surface area contributed by atoms with Gasteiger partial charge in [0.25, 0.3) is 0 Å². The summed E-state index contributed by atoms with van der Waals surface area (Å²) < 4.78 is 0. The molecule has 2 aromatic carbocycles. The van der Waals surface area contributed by atoms with Crippen LogP contribution in [-0.2, 0) is 26.2 Å². The summed E-state index contributed by atoms with van der Waals surface area (Å²) in [7, 11) is 0. The summed E-state index contributed by atoms with van der Waals surface area (Å²) in [5.74, 6) is 0. The topological polar surface area (TPSA) is 0 Å². The molecule has 0 fully saturated rings. The van der Waals surface area contributed by atoms with Gasteiger partial charge < -0.3 is 0 Å². The predicted molar refractivity (Wildman–Crippen MR) is 66.0 cm³/mol. The van der Waals surface area contributed by atoms with E-state index in [4.69, 9.17) is 0 Å². The average Bonchev–Trinajstić information content (AvgIpc) is 2.87. The van der Waals surface area contributed by atoms with Gasteiger partial charge in [0.2, 0.25) is 0 Å². The van der Waals surface area contributed by atoms with Gasteiger partial charge in [-0.25, -0.2) is 0 Å². The molecule has 0 aliphatic heterocycles. The normalized spacial score (nSPS) is 13.9. The van der Waals surface area contributed by atoms with Crippen molar-refractivity contribution >= 4 is 16.3 Å². The summed E-state index contributed by atoms with van der Waals surface area (Å²) >= 11 is 0. The Morgan fingerprint density at radius 1 is 1.19 bits per heavy atom. The van der Waals surface area contributed by atoms with Crippen LogP contribution in [0.4, 0.5) is 0 Å². The van der Waals surface area contributed by atoms with Crippen LogP contribution in [0.1, 0.15) is 17.5 Å². The SMILES string of the molecule is Cc1c(C2=CC=CC2)[cH-]c2ccccc12.[Zr]. The number of hydrogen-bond donors (Lipinski definition) is 0. The third kappa shape index (κ3) is 1.78. The first-order chi connectivity index (χ1) is 7.36. The van der Waals surface area contributed by atoms with E-state index in [1.54, 1.807) is 0 Å². The fraction of sp³-hybridized carbons (Fsp3) is 0.133. The average molecular weight is 284 g/mol. The quantitative estimate of drug-likeness (QED) is 0.688. The molecule has 1 heteroatoms. The maximum absolute atomic E-state index is 2.31. The van der Waals surface area contributed by atoms with Gasteiger partial charge in [-0.1, -0.05) is 43.4 Å². The van der Waals surface area contributed by atoms with E-state index in [0.29, 0.717) is 0 Å². The third-order valence-electron chi connectivity index (χ3n) is 3.19. The van der Waals surface area contributed by atoms with Crippen molar-refractivity contribution in [1.82, 2.24) is 0 Å². The van der Waals surface area contributed by atoms with Gasteiger partial charge >= 0.3 is 0 Å². The first-order valence-electron chi connectivity index (χ1n) is 5.37. The minimum absolute atomic E-state index is 0. The molecular weight excluding hydrogens is 271 g/mol. The molecular formula is C15H13Zr-. The first kappa shape index (κ1) is 11.7. The Bertz CT molecular complexity index is 570. The van der Waals surface area contributed by atoms with Crippen molar-refractivity contribution in [1.29, 1.82) is 0 Å². The second kappa shape index (κ2) is 4.59. The molecule has 1 aliphatic rings. The molecule has 2 aromatic rings.